The molecule has 3 rings (SSSR count). The van der Waals surface area contributed by atoms with Gasteiger partial charge in [0.1, 0.15) is 0 Å². The molecule has 6 heteroatoms. The SMILES string of the molecule is Cc1c(C=O)cn(S(=O)(=O)CC=Cc2cccnc2)c1-c1ccccc1. The molecule has 26 heavy (non-hydrogen) atoms. The average molecular weight is 366 g/mol. The fourth-order valence-corrected chi connectivity index (χ4v) is 4.02. The standard InChI is InChI=1S/C20H18N2O3S/c1-16-19(15-23)14-22(20(16)18-9-3-2-4-10-18)26(24,25)12-6-8-17-7-5-11-21-13-17/h2-11,13-15H,12H2,1H3. The third-order valence-electron chi connectivity index (χ3n) is 4.04. The summed E-state index contributed by atoms with van der Waals surface area (Å²) < 4.78 is 27.0. The maximum atomic E-state index is 12.9. The van der Waals surface area contributed by atoms with Gasteiger partial charge in [0.05, 0.1) is 11.4 Å². The van der Waals surface area contributed by atoms with E-state index in [4.69, 9.17) is 0 Å². The molecule has 0 spiro atoms. The Labute approximate surface area is 152 Å². The van der Waals surface area contributed by atoms with Gasteiger partial charge < -0.3 is 0 Å². The Balaban J connectivity index is 1.99. The molecule has 0 amide bonds. The van der Waals surface area contributed by atoms with Crippen molar-refractivity contribution in [3.8, 4) is 11.3 Å². The highest BCUT2D eigenvalue weighted by Gasteiger charge is 2.21. The molecule has 0 aliphatic heterocycles. The Kier molecular flexibility index (Phi) is 5.14. The van der Waals surface area contributed by atoms with E-state index in [-0.39, 0.29) is 5.75 Å². The maximum absolute atomic E-state index is 12.9. The molecular formula is C20H18N2O3S. The Bertz CT molecular complexity index is 1040. The summed E-state index contributed by atoms with van der Waals surface area (Å²) in [5, 5.41) is 0. The summed E-state index contributed by atoms with van der Waals surface area (Å²) in [5.74, 6) is -0.186. The molecule has 132 valence electrons. The van der Waals surface area contributed by atoms with E-state index in [9.17, 15) is 13.2 Å². The number of aromatic nitrogens is 2. The molecule has 5 nitrogen and oxygen atoms in total. The fourth-order valence-electron chi connectivity index (χ4n) is 2.73. The van der Waals surface area contributed by atoms with Gasteiger partial charge in [0.2, 0.25) is 10.0 Å². The largest absolute Gasteiger partial charge is 0.298 e. The number of hydrogen-bond acceptors (Lipinski definition) is 4. The van der Waals surface area contributed by atoms with Crippen LogP contribution in [0, 0.1) is 6.92 Å². The van der Waals surface area contributed by atoms with Gasteiger partial charge in [-0.25, -0.2) is 12.4 Å². The van der Waals surface area contributed by atoms with Gasteiger partial charge >= 0.3 is 0 Å². The number of nitrogens with zero attached hydrogens (tertiary/aromatic N) is 2. The zero-order chi connectivity index (χ0) is 18.6. The quantitative estimate of drug-likeness (QED) is 0.626. The second kappa shape index (κ2) is 7.49. The summed E-state index contributed by atoms with van der Waals surface area (Å²) in [6.07, 6.45) is 8.67. The molecule has 0 unspecified atom stereocenters. The van der Waals surface area contributed by atoms with Crippen LogP contribution in [0.3, 0.4) is 0 Å². The van der Waals surface area contributed by atoms with Crippen molar-refractivity contribution in [3.05, 3.63) is 83.8 Å². The van der Waals surface area contributed by atoms with E-state index < -0.39 is 10.0 Å². The van der Waals surface area contributed by atoms with Gasteiger partial charge in [-0.3, -0.25) is 9.78 Å². The van der Waals surface area contributed by atoms with Gasteiger partial charge in [0.15, 0.2) is 6.29 Å². The van der Waals surface area contributed by atoms with E-state index in [0.717, 1.165) is 11.1 Å². The van der Waals surface area contributed by atoms with Gasteiger partial charge in [-0.1, -0.05) is 48.6 Å². The normalized spacial score (nSPS) is 11.7. The predicted octanol–water partition coefficient (Wildman–Crippen LogP) is 3.56. The van der Waals surface area contributed by atoms with E-state index in [1.807, 2.05) is 36.4 Å². The summed E-state index contributed by atoms with van der Waals surface area (Å²) in [6.45, 7) is 1.75. The van der Waals surface area contributed by atoms with Crippen LogP contribution in [0.1, 0.15) is 21.5 Å². The molecule has 0 aliphatic rings. The molecule has 0 saturated heterocycles. The van der Waals surface area contributed by atoms with Crippen molar-refractivity contribution in [1.82, 2.24) is 8.96 Å². The number of carbonyl (C=O) groups is 1. The molecule has 0 N–H and O–H groups in total. The number of benzene rings is 1. The summed E-state index contributed by atoms with van der Waals surface area (Å²) in [7, 11) is -3.67. The van der Waals surface area contributed by atoms with Crippen molar-refractivity contribution < 1.29 is 13.2 Å². The number of hydrogen-bond donors (Lipinski definition) is 0. The summed E-state index contributed by atoms with van der Waals surface area (Å²) in [5.41, 5.74) is 3.10. The summed E-state index contributed by atoms with van der Waals surface area (Å²) >= 11 is 0. The lowest BCUT2D eigenvalue weighted by Crippen LogP contribution is -2.15. The van der Waals surface area contributed by atoms with Crippen LogP contribution in [-0.2, 0) is 10.0 Å². The van der Waals surface area contributed by atoms with E-state index in [2.05, 4.69) is 4.98 Å². The predicted molar refractivity (Wildman–Crippen MR) is 102 cm³/mol. The fraction of sp³-hybridized carbons (Fsp3) is 0.100. The smallest absolute Gasteiger partial charge is 0.242 e. The molecular weight excluding hydrogens is 348 g/mol. The molecule has 3 aromatic rings. The van der Waals surface area contributed by atoms with Gasteiger partial charge in [-0.15, -0.1) is 0 Å². The minimum atomic E-state index is -3.67. The van der Waals surface area contributed by atoms with Crippen LogP contribution in [-0.4, -0.2) is 29.4 Å². The Hall–Kier alpha value is -2.99. The van der Waals surface area contributed by atoms with Crippen LogP contribution in [0.2, 0.25) is 0 Å². The first kappa shape index (κ1) is 17.8. The van der Waals surface area contributed by atoms with Crippen molar-refractivity contribution in [2.75, 3.05) is 5.75 Å². The van der Waals surface area contributed by atoms with Crippen molar-refractivity contribution in [2.45, 2.75) is 6.92 Å². The van der Waals surface area contributed by atoms with Gasteiger partial charge in [0, 0.05) is 24.2 Å². The van der Waals surface area contributed by atoms with Gasteiger partial charge in [0.25, 0.3) is 0 Å². The topological polar surface area (TPSA) is 69.0 Å². The molecule has 0 aliphatic carbocycles. The zero-order valence-corrected chi connectivity index (χ0v) is 15.1. The van der Waals surface area contributed by atoms with Gasteiger partial charge in [-0.05, 0) is 29.7 Å². The highest BCUT2D eigenvalue weighted by molar-refractivity contribution is 7.90. The third kappa shape index (κ3) is 3.65. The maximum Gasteiger partial charge on any atom is 0.242 e. The first-order valence-corrected chi connectivity index (χ1v) is 9.66. The minimum Gasteiger partial charge on any atom is -0.298 e. The first-order chi connectivity index (χ1) is 12.5. The summed E-state index contributed by atoms with van der Waals surface area (Å²) in [4.78, 5) is 15.3. The number of aldehydes is 1. The third-order valence-corrected chi connectivity index (χ3v) is 5.54. The lowest BCUT2D eigenvalue weighted by molar-refractivity contribution is 0.112. The van der Waals surface area contributed by atoms with Crippen molar-refractivity contribution in [3.63, 3.8) is 0 Å². The summed E-state index contributed by atoms with van der Waals surface area (Å²) in [6, 6.07) is 12.8. The average Bonchev–Trinajstić information content (AvgIpc) is 3.00. The van der Waals surface area contributed by atoms with Crippen LogP contribution >= 0.6 is 0 Å². The van der Waals surface area contributed by atoms with Gasteiger partial charge in [-0.2, -0.15) is 0 Å². The highest BCUT2D eigenvalue weighted by atomic mass is 32.2. The lowest BCUT2D eigenvalue weighted by atomic mass is 10.1. The molecule has 0 saturated carbocycles. The van der Waals surface area contributed by atoms with Crippen molar-refractivity contribution >= 4 is 22.4 Å². The second-order valence-electron chi connectivity index (χ2n) is 5.81. The van der Waals surface area contributed by atoms with Crippen molar-refractivity contribution in [1.29, 1.82) is 0 Å². The highest BCUT2D eigenvalue weighted by Crippen LogP contribution is 2.28. The Morgan fingerprint density at radius 2 is 1.88 bits per heavy atom. The molecule has 2 heterocycles. The lowest BCUT2D eigenvalue weighted by Gasteiger charge is -2.10. The molecule has 2 aromatic heterocycles. The van der Waals surface area contributed by atoms with E-state index in [1.54, 1.807) is 37.5 Å². The van der Waals surface area contributed by atoms with Crippen LogP contribution in [0.15, 0.2) is 67.1 Å². The van der Waals surface area contributed by atoms with Crippen molar-refractivity contribution in [2.24, 2.45) is 0 Å². The number of rotatable bonds is 6. The molecule has 0 radical (unpaired) electrons. The van der Waals surface area contributed by atoms with E-state index in [0.29, 0.717) is 23.1 Å². The zero-order valence-electron chi connectivity index (χ0n) is 14.2. The Morgan fingerprint density at radius 1 is 1.12 bits per heavy atom. The number of carbonyl (C=O) groups excluding carboxylic acids is 1. The monoisotopic (exact) mass is 366 g/mol. The molecule has 0 bridgehead atoms. The Morgan fingerprint density at radius 3 is 2.54 bits per heavy atom. The number of pyridine rings is 1. The van der Waals surface area contributed by atoms with E-state index in [1.165, 1.54) is 10.2 Å². The van der Waals surface area contributed by atoms with Crippen LogP contribution in [0.5, 0.6) is 0 Å². The van der Waals surface area contributed by atoms with E-state index >= 15 is 0 Å². The molecule has 0 fully saturated rings. The first-order valence-electron chi connectivity index (χ1n) is 8.05. The van der Waals surface area contributed by atoms with Crippen LogP contribution in [0.4, 0.5) is 0 Å². The van der Waals surface area contributed by atoms with Crippen LogP contribution in [0.25, 0.3) is 17.3 Å². The minimum absolute atomic E-state index is 0.186. The van der Waals surface area contributed by atoms with Crippen LogP contribution < -0.4 is 0 Å². The second-order valence-corrected chi connectivity index (χ2v) is 7.70. The molecule has 0 atom stereocenters. The molecule has 1 aromatic carbocycles.